The number of hydrogen-bond acceptors (Lipinski definition) is 0. The third kappa shape index (κ3) is 3.08. The van der Waals surface area contributed by atoms with Crippen molar-refractivity contribution in [3.8, 4) is 16.8 Å². The minimum Gasteiger partial charge on any atom is -0.333 e. The summed E-state index contributed by atoms with van der Waals surface area (Å²) in [6.07, 6.45) is 8.41. The molecule has 1 unspecified atom stereocenters. The summed E-state index contributed by atoms with van der Waals surface area (Å²) < 4.78 is 5.07. The average Bonchev–Trinajstić information content (AvgIpc) is 3.60. The molecule has 198 valence electrons. The van der Waals surface area contributed by atoms with Gasteiger partial charge in [-0.2, -0.15) is 0 Å². The van der Waals surface area contributed by atoms with Crippen molar-refractivity contribution in [2.45, 2.75) is 44.6 Å². The monoisotopic (exact) mass is 528 g/mol. The molecule has 2 aromatic heterocycles. The Kier molecular flexibility index (Phi) is 4.66. The van der Waals surface area contributed by atoms with Crippen molar-refractivity contribution >= 4 is 43.6 Å². The lowest BCUT2D eigenvalue weighted by Gasteiger charge is -2.22. The molecule has 0 amide bonds. The highest BCUT2D eigenvalue weighted by molar-refractivity contribution is 6.13. The van der Waals surface area contributed by atoms with Crippen LogP contribution in [-0.4, -0.2) is 9.13 Å². The maximum atomic E-state index is 2.57. The summed E-state index contributed by atoms with van der Waals surface area (Å²) in [7, 11) is 0. The number of hydrogen-bond donors (Lipinski definition) is 0. The molecule has 0 bridgehead atoms. The van der Waals surface area contributed by atoms with Crippen LogP contribution in [0.3, 0.4) is 0 Å². The van der Waals surface area contributed by atoms with E-state index in [4.69, 9.17) is 0 Å². The van der Waals surface area contributed by atoms with E-state index in [-0.39, 0.29) is 5.41 Å². The molecular weight excluding hydrogens is 496 g/mol. The molecule has 5 aromatic carbocycles. The van der Waals surface area contributed by atoms with Gasteiger partial charge >= 0.3 is 0 Å². The van der Waals surface area contributed by atoms with Crippen LogP contribution in [0.15, 0.2) is 115 Å². The minimum atomic E-state index is -0.0354. The summed E-state index contributed by atoms with van der Waals surface area (Å²) in [5.74, 6) is 0. The van der Waals surface area contributed by atoms with E-state index >= 15 is 0 Å². The predicted molar refractivity (Wildman–Crippen MR) is 173 cm³/mol. The number of para-hydroxylation sites is 2. The Morgan fingerprint density at radius 3 is 2.15 bits per heavy atom. The number of allylic oxidation sites excluding steroid dienone is 2. The normalized spacial score (nSPS) is 17.6. The highest BCUT2D eigenvalue weighted by Crippen LogP contribution is 2.51. The lowest BCUT2D eigenvalue weighted by molar-refractivity contribution is 0.542. The minimum absolute atomic E-state index is 0.0354. The number of nitrogens with zero attached hydrogens (tertiary/aromatic N) is 2. The van der Waals surface area contributed by atoms with Gasteiger partial charge in [0.1, 0.15) is 0 Å². The first-order valence-corrected chi connectivity index (χ1v) is 15.0. The van der Waals surface area contributed by atoms with Crippen LogP contribution in [0.1, 0.15) is 50.3 Å². The second kappa shape index (κ2) is 8.24. The summed E-state index contributed by atoms with van der Waals surface area (Å²) in [5, 5.41) is 5.29. The summed E-state index contributed by atoms with van der Waals surface area (Å²) in [6, 6.07) is 39.3. The van der Waals surface area contributed by atoms with Crippen LogP contribution >= 0.6 is 0 Å². The molecule has 1 atom stereocenters. The van der Waals surface area contributed by atoms with E-state index in [0.29, 0.717) is 6.04 Å². The second-order valence-electron chi connectivity index (χ2n) is 12.5. The number of fused-ring (bicyclic) bond motifs is 9. The zero-order chi connectivity index (χ0) is 27.3. The number of aromatic nitrogens is 2. The molecule has 9 rings (SSSR count). The molecule has 2 aliphatic rings. The van der Waals surface area contributed by atoms with Gasteiger partial charge in [-0.25, -0.2) is 0 Å². The maximum Gasteiger partial charge on any atom is 0.0544 e. The van der Waals surface area contributed by atoms with Crippen molar-refractivity contribution in [1.82, 2.24) is 9.13 Å². The van der Waals surface area contributed by atoms with Gasteiger partial charge in [0, 0.05) is 43.7 Å². The van der Waals surface area contributed by atoms with Crippen molar-refractivity contribution in [3.05, 3.63) is 126 Å². The van der Waals surface area contributed by atoms with Crippen LogP contribution in [0.2, 0.25) is 0 Å². The molecule has 0 fully saturated rings. The largest absolute Gasteiger partial charge is 0.333 e. The maximum absolute atomic E-state index is 2.57. The molecular formula is C39H32N2. The van der Waals surface area contributed by atoms with Gasteiger partial charge in [-0.1, -0.05) is 86.7 Å². The molecule has 0 radical (unpaired) electrons. The molecule has 41 heavy (non-hydrogen) atoms. The fourth-order valence-corrected chi connectivity index (χ4v) is 7.94. The van der Waals surface area contributed by atoms with Crippen LogP contribution in [0.25, 0.3) is 60.4 Å². The topological polar surface area (TPSA) is 9.86 Å². The molecule has 7 aromatic rings. The Morgan fingerprint density at radius 1 is 0.610 bits per heavy atom. The molecule has 0 aliphatic heterocycles. The molecule has 2 heteroatoms. The van der Waals surface area contributed by atoms with Crippen LogP contribution < -0.4 is 0 Å². The van der Waals surface area contributed by atoms with Gasteiger partial charge in [0.2, 0.25) is 0 Å². The molecule has 0 N–H and O–H groups in total. The van der Waals surface area contributed by atoms with Crippen molar-refractivity contribution in [1.29, 1.82) is 0 Å². The summed E-state index contributed by atoms with van der Waals surface area (Å²) in [5.41, 5.74) is 12.0. The van der Waals surface area contributed by atoms with E-state index in [9.17, 15) is 0 Å². The third-order valence-corrected chi connectivity index (χ3v) is 9.89. The lowest BCUT2D eigenvalue weighted by atomic mass is 9.82. The van der Waals surface area contributed by atoms with Crippen molar-refractivity contribution in [3.63, 3.8) is 0 Å². The Hall–Kier alpha value is -4.56. The number of rotatable bonds is 2. The van der Waals surface area contributed by atoms with E-state index in [1.165, 1.54) is 90.8 Å². The molecule has 2 heterocycles. The molecule has 0 spiro atoms. The van der Waals surface area contributed by atoms with Crippen LogP contribution in [-0.2, 0) is 5.41 Å². The zero-order valence-electron chi connectivity index (χ0n) is 23.6. The second-order valence-corrected chi connectivity index (χ2v) is 12.5. The fourth-order valence-electron chi connectivity index (χ4n) is 7.94. The lowest BCUT2D eigenvalue weighted by Crippen LogP contribution is -2.14. The summed E-state index contributed by atoms with van der Waals surface area (Å²) in [6.45, 7) is 4.74. The first kappa shape index (κ1) is 23.2. The first-order valence-electron chi connectivity index (χ1n) is 15.0. The van der Waals surface area contributed by atoms with E-state index in [0.717, 1.165) is 0 Å². The van der Waals surface area contributed by atoms with Crippen molar-refractivity contribution in [2.24, 2.45) is 0 Å². The van der Waals surface area contributed by atoms with Gasteiger partial charge in [-0.05, 0) is 84.0 Å². The standard InChI is InChI=1S/C39H32N2/c1-39(2)33-17-9-6-14-27(33)30-23-32-29-16-8-11-19-36(29)41(38(32)24-34(30)39)26-20-21-37-31(22-26)28-15-7-10-18-35(28)40(37)25-12-4-3-5-13-25/h4,6-12,14-25H,3,5,13H2,1-2H3. The van der Waals surface area contributed by atoms with Gasteiger partial charge in [0.25, 0.3) is 0 Å². The van der Waals surface area contributed by atoms with Crippen molar-refractivity contribution in [2.75, 3.05) is 0 Å². The number of benzene rings is 5. The van der Waals surface area contributed by atoms with Crippen LogP contribution in [0.4, 0.5) is 0 Å². The quantitative estimate of drug-likeness (QED) is 0.198. The fraction of sp³-hybridized carbons (Fsp3) is 0.179. The average molecular weight is 529 g/mol. The SMILES string of the molecule is CC1(C)c2ccccc2-c2cc3c4ccccc4n(-c4ccc5c(c4)c4ccccc4n5C4C=CCCC4)c3cc21. The molecule has 2 nitrogen and oxygen atoms in total. The highest BCUT2D eigenvalue weighted by Gasteiger charge is 2.36. The molecule has 0 saturated heterocycles. The predicted octanol–water partition coefficient (Wildman–Crippen LogP) is 10.5. The first-order chi connectivity index (χ1) is 20.1. The molecule has 2 aliphatic carbocycles. The Balaban J connectivity index is 1.34. The smallest absolute Gasteiger partial charge is 0.0544 e. The van der Waals surface area contributed by atoms with E-state index in [2.05, 4.69) is 138 Å². The van der Waals surface area contributed by atoms with Gasteiger partial charge in [0.05, 0.1) is 17.1 Å². The highest BCUT2D eigenvalue weighted by atomic mass is 15.0. The Morgan fingerprint density at radius 2 is 1.32 bits per heavy atom. The van der Waals surface area contributed by atoms with Gasteiger partial charge in [-0.3, -0.25) is 0 Å². The summed E-state index contributed by atoms with van der Waals surface area (Å²) in [4.78, 5) is 0. The molecule has 0 saturated carbocycles. The zero-order valence-corrected chi connectivity index (χ0v) is 23.6. The van der Waals surface area contributed by atoms with E-state index in [1.807, 2.05) is 0 Å². The van der Waals surface area contributed by atoms with Crippen molar-refractivity contribution < 1.29 is 0 Å². The Bertz CT molecular complexity index is 2220. The van der Waals surface area contributed by atoms with E-state index < -0.39 is 0 Å². The Labute approximate surface area is 240 Å². The van der Waals surface area contributed by atoms with Gasteiger partial charge in [-0.15, -0.1) is 0 Å². The summed E-state index contributed by atoms with van der Waals surface area (Å²) >= 11 is 0. The van der Waals surface area contributed by atoms with Gasteiger partial charge < -0.3 is 9.13 Å². The van der Waals surface area contributed by atoms with Gasteiger partial charge in [0.15, 0.2) is 0 Å². The van der Waals surface area contributed by atoms with Crippen LogP contribution in [0, 0.1) is 0 Å². The third-order valence-electron chi connectivity index (χ3n) is 9.89. The van der Waals surface area contributed by atoms with Crippen LogP contribution in [0.5, 0.6) is 0 Å². The van der Waals surface area contributed by atoms with E-state index in [1.54, 1.807) is 0 Å².